The second-order valence-electron chi connectivity index (χ2n) is 3.15. The van der Waals surface area contributed by atoms with E-state index in [9.17, 15) is 4.21 Å². The van der Waals surface area contributed by atoms with Gasteiger partial charge in [-0.2, -0.15) is 0 Å². The second kappa shape index (κ2) is 6.55. The largest absolute Gasteiger partial charge is 0.388 e. The van der Waals surface area contributed by atoms with Gasteiger partial charge in [-0.3, -0.25) is 9.19 Å². The van der Waals surface area contributed by atoms with Crippen LogP contribution in [0.25, 0.3) is 0 Å². The first-order chi connectivity index (χ1) is 7.63. The van der Waals surface area contributed by atoms with Crippen LogP contribution in [0.2, 0.25) is 0 Å². The Morgan fingerprint density at radius 3 is 3.06 bits per heavy atom. The minimum atomic E-state index is -0.743. The van der Waals surface area contributed by atoms with E-state index in [0.717, 1.165) is 5.69 Å². The maximum atomic E-state index is 11.2. The van der Waals surface area contributed by atoms with Crippen molar-refractivity contribution in [3.8, 4) is 0 Å². The van der Waals surface area contributed by atoms with Gasteiger partial charge < -0.3 is 11.1 Å². The molecular weight excluding hydrogens is 242 g/mol. The number of thiocarbonyl (C=S) groups is 1. The Hall–Kier alpha value is -1.01. The molecule has 3 N–H and O–H groups in total. The smallest absolute Gasteiger partial charge is 0.122 e. The van der Waals surface area contributed by atoms with E-state index in [4.69, 9.17) is 18.0 Å². The molecule has 6 heteroatoms. The van der Waals surface area contributed by atoms with Crippen LogP contribution in [0, 0.1) is 0 Å². The Bertz CT molecular complexity index is 395. The zero-order valence-corrected chi connectivity index (χ0v) is 10.7. The molecule has 0 spiro atoms. The maximum Gasteiger partial charge on any atom is 0.122 e. The average molecular weight is 257 g/mol. The van der Waals surface area contributed by atoms with Gasteiger partial charge in [0.25, 0.3) is 0 Å². The molecule has 1 unspecified atom stereocenters. The summed E-state index contributed by atoms with van der Waals surface area (Å²) >= 11 is 4.83. The Morgan fingerprint density at radius 2 is 2.44 bits per heavy atom. The average Bonchev–Trinajstić information content (AvgIpc) is 2.29. The Balaban J connectivity index is 2.51. The number of aromatic nitrogens is 1. The molecule has 0 fully saturated rings. The van der Waals surface area contributed by atoms with Gasteiger partial charge in [-0.15, -0.1) is 0 Å². The van der Waals surface area contributed by atoms with Crippen molar-refractivity contribution in [3.05, 3.63) is 24.0 Å². The molecule has 0 aliphatic heterocycles. The third-order valence-electron chi connectivity index (χ3n) is 1.99. The lowest BCUT2D eigenvalue weighted by Crippen LogP contribution is -2.14. The lowest BCUT2D eigenvalue weighted by Gasteiger charge is -2.06. The van der Waals surface area contributed by atoms with Gasteiger partial charge in [-0.1, -0.05) is 19.1 Å². The van der Waals surface area contributed by atoms with Gasteiger partial charge >= 0.3 is 0 Å². The van der Waals surface area contributed by atoms with Crippen LogP contribution in [0.3, 0.4) is 0 Å². The van der Waals surface area contributed by atoms with E-state index in [1.165, 1.54) is 0 Å². The number of hydrogen-bond donors (Lipinski definition) is 2. The number of nitrogens with zero attached hydrogens (tertiary/aromatic N) is 1. The molecule has 0 bridgehead atoms. The SMILES string of the molecule is CCS(=O)CCNc1ccnc(C(N)=S)c1. The van der Waals surface area contributed by atoms with E-state index >= 15 is 0 Å². The van der Waals surface area contributed by atoms with Crippen LogP contribution in [0.1, 0.15) is 12.6 Å². The van der Waals surface area contributed by atoms with Gasteiger partial charge in [0.1, 0.15) is 4.99 Å². The fourth-order valence-corrected chi connectivity index (χ4v) is 1.86. The lowest BCUT2D eigenvalue weighted by atomic mass is 10.3. The minimum Gasteiger partial charge on any atom is -0.388 e. The van der Waals surface area contributed by atoms with E-state index in [-0.39, 0.29) is 4.99 Å². The van der Waals surface area contributed by atoms with Gasteiger partial charge in [-0.25, -0.2) is 0 Å². The summed E-state index contributed by atoms with van der Waals surface area (Å²) in [4.78, 5) is 4.31. The van der Waals surface area contributed by atoms with Gasteiger partial charge in [0, 0.05) is 40.7 Å². The topological polar surface area (TPSA) is 68.0 Å². The number of anilines is 1. The molecule has 1 atom stereocenters. The highest BCUT2D eigenvalue weighted by Crippen LogP contribution is 2.07. The van der Waals surface area contributed by atoms with Crippen molar-refractivity contribution < 1.29 is 4.21 Å². The van der Waals surface area contributed by atoms with Gasteiger partial charge in [0.05, 0.1) is 5.69 Å². The molecule has 0 saturated carbocycles. The fraction of sp³-hybridized carbons (Fsp3) is 0.400. The van der Waals surface area contributed by atoms with Gasteiger partial charge in [0.2, 0.25) is 0 Å². The van der Waals surface area contributed by atoms with Gasteiger partial charge in [-0.05, 0) is 12.1 Å². The molecular formula is C10H15N3OS2. The predicted octanol–water partition coefficient (Wildman–Crippen LogP) is 0.896. The highest BCUT2D eigenvalue weighted by atomic mass is 32.2. The zero-order chi connectivity index (χ0) is 12.0. The Kier molecular flexibility index (Phi) is 5.34. The number of pyridine rings is 1. The van der Waals surface area contributed by atoms with Crippen LogP contribution < -0.4 is 11.1 Å². The van der Waals surface area contributed by atoms with Crippen LogP contribution in [0.15, 0.2) is 18.3 Å². The zero-order valence-electron chi connectivity index (χ0n) is 9.10. The van der Waals surface area contributed by atoms with Crippen LogP contribution in [0.4, 0.5) is 5.69 Å². The first-order valence-electron chi connectivity index (χ1n) is 4.98. The molecule has 0 amide bonds. The highest BCUT2D eigenvalue weighted by molar-refractivity contribution is 7.84. The number of nitrogens with one attached hydrogen (secondary N) is 1. The molecule has 0 radical (unpaired) electrons. The molecule has 1 heterocycles. The van der Waals surface area contributed by atoms with Crippen molar-refractivity contribution in [2.75, 3.05) is 23.4 Å². The van der Waals surface area contributed by atoms with Crippen molar-refractivity contribution in [2.24, 2.45) is 5.73 Å². The van der Waals surface area contributed by atoms with Gasteiger partial charge in [0.15, 0.2) is 0 Å². The molecule has 0 saturated heterocycles. The van der Waals surface area contributed by atoms with E-state index in [0.29, 0.717) is 23.7 Å². The fourth-order valence-electron chi connectivity index (χ4n) is 1.13. The molecule has 16 heavy (non-hydrogen) atoms. The molecule has 0 aromatic carbocycles. The molecule has 88 valence electrons. The third kappa shape index (κ3) is 4.24. The first kappa shape index (κ1) is 13.1. The summed E-state index contributed by atoms with van der Waals surface area (Å²) in [6.45, 7) is 2.58. The number of nitrogens with two attached hydrogens (primary N) is 1. The normalized spacial score (nSPS) is 12.1. The third-order valence-corrected chi connectivity index (χ3v) is 3.51. The minimum absolute atomic E-state index is 0.279. The predicted molar refractivity (Wildman–Crippen MR) is 72.2 cm³/mol. The highest BCUT2D eigenvalue weighted by Gasteiger charge is 2.00. The van der Waals surface area contributed by atoms with Crippen LogP contribution >= 0.6 is 12.2 Å². The van der Waals surface area contributed by atoms with Crippen molar-refractivity contribution >= 4 is 33.7 Å². The summed E-state index contributed by atoms with van der Waals surface area (Å²) < 4.78 is 11.2. The molecule has 1 aromatic heterocycles. The van der Waals surface area contributed by atoms with E-state index in [2.05, 4.69) is 10.3 Å². The van der Waals surface area contributed by atoms with Crippen molar-refractivity contribution in [1.82, 2.24) is 4.98 Å². The van der Waals surface area contributed by atoms with Crippen LogP contribution in [0.5, 0.6) is 0 Å². The lowest BCUT2D eigenvalue weighted by molar-refractivity contribution is 0.684. The van der Waals surface area contributed by atoms with E-state index in [1.807, 2.05) is 13.0 Å². The van der Waals surface area contributed by atoms with Crippen molar-refractivity contribution in [3.63, 3.8) is 0 Å². The monoisotopic (exact) mass is 257 g/mol. The number of hydrogen-bond acceptors (Lipinski definition) is 4. The summed E-state index contributed by atoms with van der Waals surface area (Å²) in [5.41, 5.74) is 6.96. The quantitative estimate of drug-likeness (QED) is 0.741. The standard InChI is InChI=1S/C10H15N3OS2/c1-2-16(14)6-5-12-8-3-4-13-9(7-8)10(11)15/h3-4,7H,2,5-6H2,1H3,(H2,11,15)(H,12,13). The van der Waals surface area contributed by atoms with Crippen molar-refractivity contribution in [2.45, 2.75) is 6.92 Å². The first-order valence-corrected chi connectivity index (χ1v) is 6.87. The van der Waals surface area contributed by atoms with E-state index < -0.39 is 10.8 Å². The maximum absolute atomic E-state index is 11.2. The van der Waals surface area contributed by atoms with Crippen molar-refractivity contribution in [1.29, 1.82) is 0 Å². The summed E-state index contributed by atoms with van der Waals surface area (Å²) in [5.74, 6) is 1.33. The van der Waals surface area contributed by atoms with Crippen LogP contribution in [-0.2, 0) is 10.8 Å². The molecule has 1 aromatic rings. The summed E-state index contributed by atoms with van der Waals surface area (Å²) in [6, 6.07) is 3.62. The van der Waals surface area contributed by atoms with Crippen LogP contribution in [-0.4, -0.2) is 32.2 Å². The summed E-state index contributed by atoms with van der Waals surface area (Å²) in [5, 5.41) is 3.16. The number of rotatable bonds is 6. The van der Waals surface area contributed by atoms with E-state index in [1.54, 1.807) is 12.3 Å². The molecule has 0 aliphatic carbocycles. The summed E-state index contributed by atoms with van der Waals surface area (Å²) in [7, 11) is -0.743. The Morgan fingerprint density at radius 1 is 1.69 bits per heavy atom. The molecule has 1 rings (SSSR count). The summed E-state index contributed by atoms with van der Waals surface area (Å²) in [6.07, 6.45) is 1.65. The molecule has 0 aliphatic rings. The second-order valence-corrected chi connectivity index (χ2v) is 5.46. The molecule has 4 nitrogen and oxygen atoms in total. The Labute approximate surface area is 103 Å².